The summed E-state index contributed by atoms with van der Waals surface area (Å²) < 4.78 is 57.0. The van der Waals surface area contributed by atoms with Crippen LogP contribution in [0.15, 0.2) is 0 Å². The Labute approximate surface area is 90.7 Å². The second-order valence-electron chi connectivity index (χ2n) is 3.45. The lowest BCUT2D eigenvalue weighted by atomic mass is 10.4. The van der Waals surface area contributed by atoms with E-state index in [1.165, 1.54) is 0 Å². The first-order valence-corrected chi connectivity index (χ1v) is 4.62. The molecule has 0 aromatic carbocycles. The summed E-state index contributed by atoms with van der Waals surface area (Å²) in [6.07, 6.45) is -3.97. The number of carbonyl (C=O) groups excluding carboxylic acids is 1. The maximum atomic E-state index is 12.3. The summed E-state index contributed by atoms with van der Waals surface area (Å²) in [7, 11) is 0. The van der Waals surface area contributed by atoms with Crippen molar-refractivity contribution >= 4 is 5.78 Å². The van der Waals surface area contributed by atoms with Crippen molar-refractivity contribution in [3.05, 3.63) is 0 Å². The van der Waals surface area contributed by atoms with Crippen molar-refractivity contribution in [2.75, 3.05) is 19.8 Å². The third kappa shape index (κ3) is 6.73. The van der Waals surface area contributed by atoms with Crippen LogP contribution in [0.5, 0.6) is 0 Å². The maximum absolute atomic E-state index is 12.3. The largest absolute Gasteiger partial charge is 0.371 e. The Hall–Kier alpha value is -0.690. The average molecular weight is 246 g/mol. The second-order valence-corrected chi connectivity index (χ2v) is 3.45. The molecule has 0 bridgehead atoms. The molecule has 0 fully saturated rings. The van der Waals surface area contributed by atoms with Gasteiger partial charge in [0.25, 0.3) is 0 Å². The normalized spacial score (nSPS) is 12.5. The first-order valence-electron chi connectivity index (χ1n) is 4.62. The van der Waals surface area contributed by atoms with E-state index in [1.807, 2.05) is 0 Å². The van der Waals surface area contributed by atoms with Crippen molar-refractivity contribution in [1.82, 2.24) is 0 Å². The average Bonchev–Trinajstić information content (AvgIpc) is 2.14. The first kappa shape index (κ1) is 15.3. The van der Waals surface area contributed by atoms with Crippen LogP contribution < -0.4 is 0 Å². The number of halogens is 4. The van der Waals surface area contributed by atoms with Crippen LogP contribution in [0.25, 0.3) is 0 Å². The zero-order chi connectivity index (χ0) is 12.8. The summed E-state index contributed by atoms with van der Waals surface area (Å²) in [5.41, 5.74) is 0. The van der Waals surface area contributed by atoms with Gasteiger partial charge in [0, 0.05) is 0 Å². The number of rotatable bonds is 8. The number of Topliss-reactive ketones (excluding diaryl/α,β-unsaturated/α-hetero) is 1. The molecule has 0 unspecified atom stereocenters. The van der Waals surface area contributed by atoms with Crippen molar-refractivity contribution in [3.63, 3.8) is 0 Å². The fraction of sp³-hybridized carbons (Fsp3) is 0.889. The van der Waals surface area contributed by atoms with E-state index in [0.717, 1.165) is 0 Å². The van der Waals surface area contributed by atoms with Gasteiger partial charge in [-0.2, -0.15) is 8.78 Å². The molecule has 0 atom stereocenters. The van der Waals surface area contributed by atoms with Crippen molar-refractivity contribution in [2.24, 2.45) is 0 Å². The van der Waals surface area contributed by atoms with Crippen LogP contribution in [-0.2, 0) is 14.3 Å². The molecule has 0 heterocycles. The van der Waals surface area contributed by atoms with E-state index < -0.39 is 31.3 Å². The number of carbonyl (C=O) groups is 1. The van der Waals surface area contributed by atoms with Gasteiger partial charge >= 0.3 is 12.3 Å². The van der Waals surface area contributed by atoms with E-state index in [0.29, 0.717) is 0 Å². The Kier molecular flexibility index (Phi) is 6.51. The van der Waals surface area contributed by atoms with Gasteiger partial charge in [-0.25, -0.2) is 8.78 Å². The highest BCUT2D eigenvalue weighted by atomic mass is 19.3. The SMILES string of the molecule is CC(C)OCC(=O)COCC(F)(F)C(F)F. The van der Waals surface area contributed by atoms with Crippen molar-refractivity contribution in [1.29, 1.82) is 0 Å². The molecule has 0 aliphatic rings. The van der Waals surface area contributed by atoms with E-state index in [4.69, 9.17) is 4.74 Å². The lowest BCUT2D eigenvalue weighted by Crippen LogP contribution is -2.33. The quantitative estimate of drug-likeness (QED) is 0.613. The standard InChI is InChI=1S/C9H14F4O3/c1-6(2)16-4-7(14)3-15-5-9(12,13)8(10)11/h6,8H,3-5H2,1-2H3. The molecule has 0 aromatic heterocycles. The number of alkyl halides is 4. The van der Waals surface area contributed by atoms with Gasteiger partial charge in [-0.15, -0.1) is 0 Å². The third-order valence-electron chi connectivity index (χ3n) is 1.45. The molecule has 96 valence electrons. The summed E-state index contributed by atoms with van der Waals surface area (Å²) in [6.45, 7) is 0.975. The zero-order valence-electron chi connectivity index (χ0n) is 9.01. The van der Waals surface area contributed by atoms with Gasteiger partial charge in [0.15, 0.2) is 5.78 Å². The van der Waals surface area contributed by atoms with Crippen LogP contribution in [0.2, 0.25) is 0 Å². The van der Waals surface area contributed by atoms with E-state index in [2.05, 4.69) is 4.74 Å². The van der Waals surface area contributed by atoms with Gasteiger partial charge < -0.3 is 9.47 Å². The Bertz CT molecular complexity index is 219. The molecule has 0 aliphatic heterocycles. The second kappa shape index (κ2) is 6.80. The Morgan fingerprint density at radius 3 is 2.25 bits per heavy atom. The topological polar surface area (TPSA) is 35.5 Å². The molecule has 0 rings (SSSR count). The maximum Gasteiger partial charge on any atom is 0.330 e. The van der Waals surface area contributed by atoms with Gasteiger partial charge in [0.05, 0.1) is 6.10 Å². The van der Waals surface area contributed by atoms with Crippen LogP contribution in [0.3, 0.4) is 0 Å². The van der Waals surface area contributed by atoms with Crippen LogP contribution in [0.4, 0.5) is 17.6 Å². The Morgan fingerprint density at radius 1 is 1.25 bits per heavy atom. The molecule has 0 spiro atoms. The lowest BCUT2D eigenvalue weighted by Gasteiger charge is -2.14. The molecule has 3 nitrogen and oxygen atoms in total. The molecule has 7 heteroatoms. The lowest BCUT2D eigenvalue weighted by molar-refractivity contribution is -0.169. The Morgan fingerprint density at radius 2 is 1.81 bits per heavy atom. The predicted molar refractivity (Wildman–Crippen MR) is 47.9 cm³/mol. The highest BCUT2D eigenvalue weighted by Gasteiger charge is 2.41. The minimum Gasteiger partial charge on any atom is -0.371 e. The first-order chi connectivity index (χ1) is 7.25. The van der Waals surface area contributed by atoms with Crippen LogP contribution in [0, 0.1) is 0 Å². The minimum absolute atomic E-state index is 0.175. The summed E-state index contributed by atoms with van der Waals surface area (Å²) >= 11 is 0. The molecule has 0 N–H and O–H groups in total. The molecular formula is C9H14F4O3. The molecule has 0 aromatic rings. The molecule has 16 heavy (non-hydrogen) atoms. The highest BCUT2D eigenvalue weighted by Crippen LogP contribution is 2.22. The summed E-state index contributed by atoms with van der Waals surface area (Å²) in [5, 5.41) is 0. The molecule has 0 radical (unpaired) electrons. The molecule has 0 amide bonds. The van der Waals surface area contributed by atoms with Crippen molar-refractivity contribution < 1.29 is 31.8 Å². The monoisotopic (exact) mass is 246 g/mol. The van der Waals surface area contributed by atoms with Gasteiger partial charge in [-0.3, -0.25) is 4.79 Å². The highest BCUT2D eigenvalue weighted by molar-refractivity contribution is 5.80. The minimum atomic E-state index is -4.22. The Balaban J connectivity index is 3.70. The fourth-order valence-electron chi connectivity index (χ4n) is 0.665. The van der Waals surface area contributed by atoms with E-state index >= 15 is 0 Å². The predicted octanol–water partition coefficient (Wildman–Crippen LogP) is 1.90. The third-order valence-corrected chi connectivity index (χ3v) is 1.45. The molecule has 0 aliphatic carbocycles. The van der Waals surface area contributed by atoms with E-state index in [1.54, 1.807) is 13.8 Å². The number of hydrogen-bond acceptors (Lipinski definition) is 3. The smallest absolute Gasteiger partial charge is 0.330 e. The van der Waals surface area contributed by atoms with Crippen LogP contribution >= 0.6 is 0 Å². The van der Waals surface area contributed by atoms with Crippen molar-refractivity contribution in [2.45, 2.75) is 32.3 Å². The number of ether oxygens (including phenoxy) is 2. The van der Waals surface area contributed by atoms with Gasteiger partial charge in [0.2, 0.25) is 0 Å². The summed E-state index contributed by atoms with van der Waals surface area (Å²) in [4.78, 5) is 10.9. The molecule has 0 saturated heterocycles. The molecule has 0 saturated carbocycles. The number of hydrogen-bond donors (Lipinski definition) is 0. The summed E-state index contributed by atoms with van der Waals surface area (Å²) in [5.74, 6) is -4.79. The molecular weight excluding hydrogens is 232 g/mol. The van der Waals surface area contributed by atoms with Crippen LogP contribution in [0.1, 0.15) is 13.8 Å². The van der Waals surface area contributed by atoms with Gasteiger partial charge in [0.1, 0.15) is 19.8 Å². The van der Waals surface area contributed by atoms with Crippen LogP contribution in [-0.4, -0.2) is 44.1 Å². The van der Waals surface area contributed by atoms with Gasteiger partial charge in [-0.1, -0.05) is 0 Å². The zero-order valence-corrected chi connectivity index (χ0v) is 9.01. The number of ketones is 1. The fourth-order valence-corrected chi connectivity index (χ4v) is 0.665. The van der Waals surface area contributed by atoms with Crippen molar-refractivity contribution in [3.8, 4) is 0 Å². The van der Waals surface area contributed by atoms with E-state index in [9.17, 15) is 22.4 Å². The van der Waals surface area contributed by atoms with E-state index in [-0.39, 0.29) is 12.7 Å². The summed E-state index contributed by atoms with van der Waals surface area (Å²) in [6, 6.07) is 0. The van der Waals surface area contributed by atoms with Gasteiger partial charge in [-0.05, 0) is 13.8 Å².